The van der Waals surface area contributed by atoms with Crippen molar-refractivity contribution in [2.24, 2.45) is 3.50 Å². The normalized spacial score (nSPS) is 14.0. The Hall–Kier alpha value is -2.36. The van der Waals surface area contributed by atoms with Gasteiger partial charge in [-0.1, -0.05) is 0 Å². The van der Waals surface area contributed by atoms with Gasteiger partial charge < -0.3 is 14.9 Å². The Bertz CT molecular complexity index is 1180. The van der Waals surface area contributed by atoms with Crippen molar-refractivity contribution in [3.63, 3.8) is 0 Å². The van der Waals surface area contributed by atoms with E-state index in [9.17, 15) is 52.7 Å². The number of methoxy groups -OCH3 is 1. The molecule has 0 saturated carbocycles. The van der Waals surface area contributed by atoms with Gasteiger partial charge in [-0.25, -0.2) is 0 Å². The molecule has 0 aliphatic carbocycles. The number of nitrogens with zero attached hydrogens (tertiary/aromatic N) is 1. The molecule has 264 valence electrons. The number of aliphatic hydroxyl groups is 2. The maximum atomic E-state index is 11.4. The molecule has 1 aliphatic rings. The Balaban J connectivity index is 0.000000645. The average molecular weight is 859 g/mol. The van der Waals surface area contributed by atoms with E-state index in [0.29, 0.717) is 0 Å². The molecule has 5 nitrogen and oxygen atoms in total. The first-order chi connectivity index (χ1) is 20.7. The van der Waals surface area contributed by atoms with E-state index >= 15 is 0 Å². The van der Waals surface area contributed by atoms with Crippen LogP contribution in [0.2, 0.25) is 0 Å². The van der Waals surface area contributed by atoms with Crippen molar-refractivity contribution >= 4 is 10.1 Å². The summed E-state index contributed by atoms with van der Waals surface area (Å²) in [5.74, 6) is 0.930. The molecule has 2 aromatic carbocycles. The molecule has 0 amide bonds. The first-order valence-electron chi connectivity index (χ1n) is 12.9. The van der Waals surface area contributed by atoms with Crippen LogP contribution in [-0.4, -0.2) is 70.8 Å². The van der Waals surface area contributed by atoms with Gasteiger partial charge in [0, 0.05) is 13.2 Å². The number of halogens is 12. The van der Waals surface area contributed by atoms with Gasteiger partial charge in [-0.3, -0.25) is 0 Å². The summed E-state index contributed by atoms with van der Waals surface area (Å²) < 4.78 is 154. The van der Waals surface area contributed by atoms with Crippen molar-refractivity contribution in [3.05, 3.63) is 59.2 Å². The second-order valence-corrected chi connectivity index (χ2v) is 12.0. The molecular formula is C28H33F12NO4W. The van der Waals surface area contributed by atoms with Crippen LogP contribution in [0.25, 0.3) is 0 Å². The summed E-state index contributed by atoms with van der Waals surface area (Å²) in [6.07, 6.45) is -20.2. The van der Waals surface area contributed by atoms with Crippen LogP contribution in [0.5, 0.6) is 5.75 Å². The van der Waals surface area contributed by atoms with Gasteiger partial charge in [0.1, 0.15) is 0 Å². The van der Waals surface area contributed by atoms with Crippen LogP contribution >= 0.6 is 0 Å². The van der Waals surface area contributed by atoms with Crippen LogP contribution in [0.15, 0.2) is 46.0 Å². The fraction of sp³-hybridized carbons (Fsp3) is 0.536. The van der Waals surface area contributed by atoms with E-state index < -0.39 is 53.8 Å². The second kappa shape index (κ2) is 17.7. The SMILES string of the molecule is C1CCOC1.CC(O)(C(F)(F)F)C(F)(F)F.CC(O)(C(F)(F)F)C(F)(F)F.COc1ccccc1[CH]=[W]=[N]c1c(C)cccc1C. The zero-order chi connectivity index (χ0) is 36.2. The van der Waals surface area contributed by atoms with Crippen molar-refractivity contribution in [2.75, 3.05) is 20.3 Å². The Morgan fingerprint density at radius 1 is 0.696 bits per heavy atom. The second-order valence-electron chi connectivity index (χ2n) is 9.75. The van der Waals surface area contributed by atoms with Crippen LogP contribution in [0.3, 0.4) is 0 Å². The molecule has 2 aromatic rings. The number of hydrogen-bond donors (Lipinski definition) is 2. The van der Waals surface area contributed by atoms with Crippen LogP contribution in [0.4, 0.5) is 58.4 Å². The van der Waals surface area contributed by atoms with Gasteiger partial charge in [-0.2, -0.15) is 52.7 Å². The van der Waals surface area contributed by atoms with Crippen molar-refractivity contribution in [2.45, 2.75) is 76.4 Å². The van der Waals surface area contributed by atoms with E-state index in [4.69, 9.17) is 23.2 Å². The van der Waals surface area contributed by atoms with Gasteiger partial charge in [-0.15, -0.1) is 0 Å². The fourth-order valence-electron chi connectivity index (χ4n) is 2.68. The number of benzene rings is 2. The third-order valence-electron chi connectivity index (χ3n) is 5.94. The first-order valence-corrected chi connectivity index (χ1v) is 15.9. The molecule has 46 heavy (non-hydrogen) atoms. The van der Waals surface area contributed by atoms with Crippen LogP contribution in [0, 0.1) is 13.8 Å². The molecule has 1 fully saturated rings. The third-order valence-corrected chi connectivity index (χ3v) is 8.26. The van der Waals surface area contributed by atoms with Crippen molar-refractivity contribution in [1.29, 1.82) is 0 Å². The molecule has 1 heterocycles. The number of alkyl halides is 12. The van der Waals surface area contributed by atoms with Gasteiger partial charge in [-0.05, 0) is 26.7 Å². The molecule has 0 bridgehead atoms. The Kier molecular flexibility index (Phi) is 16.8. The zero-order valence-corrected chi connectivity index (χ0v) is 28.0. The van der Waals surface area contributed by atoms with Gasteiger partial charge in [0.2, 0.25) is 0 Å². The van der Waals surface area contributed by atoms with Crippen molar-refractivity contribution in [1.82, 2.24) is 0 Å². The van der Waals surface area contributed by atoms with E-state index in [1.807, 2.05) is 18.2 Å². The van der Waals surface area contributed by atoms with Crippen LogP contribution < -0.4 is 4.74 Å². The van der Waals surface area contributed by atoms with E-state index in [0.717, 1.165) is 24.5 Å². The molecule has 0 spiro atoms. The molecule has 0 atom stereocenters. The molecule has 3 rings (SSSR count). The zero-order valence-electron chi connectivity index (χ0n) is 25.0. The van der Waals surface area contributed by atoms with Crippen LogP contribution in [0.1, 0.15) is 43.4 Å². The fourth-order valence-corrected chi connectivity index (χ4v) is 5.39. The molecule has 1 aliphatic heterocycles. The monoisotopic (exact) mass is 859 g/mol. The summed E-state index contributed by atoms with van der Waals surface area (Å²) in [7, 11) is 1.71. The molecule has 1 saturated heterocycles. The number of ether oxygens (including phenoxy) is 2. The molecule has 0 aromatic heterocycles. The minimum absolute atomic E-state index is 0.340. The predicted molar refractivity (Wildman–Crippen MR) is 142 cm³/mol. The Morgan fingerprint density at radius 2 is 1.09 bits per heavy atom. The van der Waals surface area contributed by atoms with Gasteiger partial charge >= 0.3 is 147 Å². The summed E-state index contributed by atoms with van der Waals surface area (Å²) in [5, 5.41) is 15.9. The van der Waals surface area contributed by atoms with Gasteiger partial charge in [0.15, 0.2) is 0 Å². The Morgan fingerprint density at radius 3 is 1.39 bits per heavy atom. The summed E-state index contributed by atoms with van der Waals surface area (Å²) in [5.41, 5.74) is -4.41. The number of para-hydroxylation sites is 1. The van der Waals surface area contributed by atoms with E-state index in [1.54, 1.807) is 7.11 Å². The van der Waals surface area contributed by atoms with Gasteiger partial charge in [0.25, 0.3) is 11.2 Å². The Labute approximate surface area is 265 Å². The van der Waals surface area contributed by atoms with Crippen molar-refractivity contribution in [3.8, 4) is 5.75 Å². The molecule has 0 unspecified atom stereocenters. The number of hydrogen-bond acceptors (Lipinski definition) is 5. The van der Waals surface area contributed by atoms with Crippen molar-refractivity contribution < 1.29 is 90.3 Å². The summed E-state index contributed by atoms with van der Waals surface area (Å²) in [6.45, 7) is 5.56. The maximum absolute atomic E-state index is 11.4. The molecule has 18 heteroatoms. The molecule has 2 N–H and O–H groups in total. The molecule has 0 radical (unpaired) electrons. The summed E-state index contributed by atoms with van der Waals surface area (Å²) in [4.78, 5) is 0. The minimum atomic E-state index is -5.69. The van der Waals surface area contributed by atoms with E-state index in [2.05, 4.69) is 42.5 Å². The van der Waals surface area contributed by atoms with Gasteiger partial charge in [0.05, 0.1) is 0 Å². The quantitative estimate of drug-likeness (QED) is 0.304. The summed E-state index contributed by atoms with van der Waals surface area (Å²) in [6, 6.07) is 14.4. The third kappa shape index (κ3) is 13.4. The number of rotatable bonds is 3. The topological polar surface area (TPSA) is 71.3 Å². The van der Waals surface area contributed by atoms with E-state index in [1.165, 1.54) is 29.7 Å². The van der Waals surface area contributed by atoms with Crippen LogP contribution in [-0.2, 0) is 22.7 Å². The first kappa shape index (κ1) is 43.6. The van der Waals surface area contributed by atoms with E-state index in [-0.39, 0.29) is 13.8 Å². The molecular weight excluding hydrogens is 826 g/mol. The average Bonchev–Trinajstić information content (AvgIpc) is 3.49. The predicted octanol–water partition coefficient (Wildman–Crippen LogP) is 8.58. The number of aryl methyl sites for hydroxylation is 2. The summed E-state index contributed by atoms with van der Waals surface area (Å²) >= 11 is -0.898. The standard InChI is InChI=1S/C8H9N.C8H8O.2C4H4F6O.C4H8O.W/c1-6-4-3-5-7(2)8(6)9;1-7-5-3-4-6-8(7)9-2;2*1-2(11,3(5,6)7)4(8,9)10;1-2-4-5-3-1;/h3-5H,1-2H3;1,3-6H,2H3;2*11H,1H3;1-4H2;.